The molecule has 15 heavy (non-hydrogen) atoms. The maximum atomic E-state index is 9.29. The molecule has 4 nitrogen and oxygen atoms in total. The molecule has 0 aliphatic rings. The summed E-state index contributed by atoms with van der Waals surface area (Å²) < 4.78 is 1.74. The fourth-order valence-corrected chi connectivity index (χ4v) is 1.60. The molecule has 0 aromatic carbocycles. The predicted octanol–water partition coefficient (Wildman–Crippen LogP) is 1.46. The highest BCUT2D eigenvalue weighted by atomic mass is 16.3. The zero-order valence-corrected chi connectivity index (χ0v) is 8.96. The van der Waals surface area contributed by atoms with Crippen LogP contribution in [0.4, 0.5) is 0 Å². The molecule has 1 unspecified atom stereocenters. The van der Waals surface area contributed by atoms with E-state index in [1.807, 2.05) is 24.4 Å². The first-order valence-electron chi connectivity index (χ1n) is 5.14. The highest BCUT2D eigenvalue weighted by Gasteiger charge is 2.19. The predicted molar refractivity (Wildman–Crippen MR) is 57.7 cm³/mol. The number of aliphatic hydroxyl groups is 1. The molecule has 1 atom stereocenters. The Morgan fingerprint density at radius 3 is 2.80 bits per heavy atom. The Morgan fingerprint density at radius 2 is 2.20 bits per heavy atom. The van der Waals surface area contributed by atoms with Crippen molar-refractivity contribution in [2.75, 3.05) is 6.61 Å². The Hall–Kier alpha value is -1.42. The van der Waals surface area contributed by atoms with E-state index >= 15 is 0 Å². The maximum Gasteiger partial charge on any atom is 0.157 e. The van der Waals surface area contributed by atoms with Gasteiger partial charge in [0, 0.05) is 12.1 Å². The summed E-state index contributed by atoms with van der Waals surface area (Å²) in [5, 5.41) is 13.6. The summed E-state index contributed by atoms with van der Waals surface area (Å²) in [7, 11) is 0. The van der Waals surface area contributed by atoms with Crippen LogP contribution in [-0.4, -0.2) is 26.3 Å². The second kappa shape index (κ2) is 3.98. The normalized spacial score (nSPS) is 13.6. The van der Waals surface area contributed by atoms with Crippen LogP contribution in [0, 0.1) is 5.92 Å². The summed E-state index contributed by atoms with van der Waals surface area (Å²) in [6, 6.07) is 5.75. The molecule has 2 rings (SSSR count). The Labute approximate surface area is 88.6 Å². The number of aromatic nitrogens is 3. The van der Waals surface area contributed by atoms with Crippen molar-refractivity contribution in [3.8, 4) is 0 Å². The molecule has 2 heterocycles. The number of nitrogens with zero attached hydrogens (tertiary/aromatic N) is 3. The monoisotopic (exact) mass is 205 g/mol. The highest BCUT2D eigenvalue weighted by Crippen LogP contribution is 2.20. The van der Waals surface area contributed by atoms with E-state index in [9.17, 15) is 5.11 Å². The molecule has 2 aromatic heterocycles. The summed E-state index contributed by atoms with van der Waals surface area (Å²) in [5.41, 5.74) is 0.826. The number of hydrogen-bond acceptors (Lipinski definition) is 3. The topological polar surface area (TPSA) is 50.4 Å². The fourth-order valence-electron chi connectivity index (χ4n) is 1.60. The van der Waals surface area contributed by atoms with E-state index in [4.69, 9.17) is 0 Å². The molecule has 0 saturated heterocycles. The molecule has 0 aliphatic carbocycles. The van der Waals surface area contributed by atoms with Gasteiger partial charge in [0.2, 0.25) is 0 Å². The van der Waals surface area contributed by atoms with Gasteiger partial charge in [-0.25, -0.2) is 9.50 Å². The third-order valence-electron chi connectivity index (χ3n) is 2.59. The molecule has 2 aromatic rings. The minimum atomic E-state index is 0.0184. The molecule has 0 amide bonds. The first-order valence-corrected chi connectivity index (χ1v) is 5.14. The quantitative estimate of drug-likeness (QED) is 0.825. The highest BCUT2D eigenvalue weighted by molar-refractivity contribution is 5.36. The summed E-state index contributed by atoms with van der Waals surface area (Å²) in [6.45, 7) is 4.22. The first kappa shape index (κ1) is 10.1. The van der Waals surface area contributed by atoms with Crippen molar-refractivity contribution in [3.05, 3.63) is 30.2 Å². The van der Waals surface area contributed by atoms with Gasteiger partial charge in [-0.2, -0.15) is 5.10 Å². The van der Waals surface area contributed by atoms with Crippen LogP contribution in [0.5, 0.6) is 0 Å². The summed E-state index contributed by atoms with van der Waals surface area (Å²) >= 11 is 0. The number of fused-ring (bicyclic) bond motifs is 1. The maximum absolute atomic E-state index is 9.29. The molecular weight excluding hydrogens is 190 g/mol. The lowest BCUT2D eigenvalue weighted by molar-refractivity contribution is 0.232. The average Bonchev–Trinajstić information content (AvgIpc) is 2.61. The van der Waals surface area contributed by atoms with Crippen molar-refractivity contribution in [1.82, 2.24) is 14.6 Å². The summed E-state index contributed by atoms with van der Waals surface area (Å²) in [6.07, 6.45) is 1.86. The molecule has 4 heteroatoms. The van der Waals surface area contributed by atoms with Crippen molar-refractivity contribution >= 4 is 5.65 Å². The van der Waals surface area contributed by atoms with Gasteiger partial charge in [0.15, 0.2) is 11.5 Å². The lowest BCUT2D eigenvalue weighted by atomic mass is 9.96. The molecule has 0 bridgehead atoms. The van der Waals surface area contributed by atoms with E-state index in [1.165, 1.54) is 0 Å². The third-order valence-corrected chi connectivity index (χ3v) is 2.59. The number of rotatable bonds is 3. The van der Waals surface area contributed by atoms with E-state index in [1.54, 1.807) is 4.52 Å². The molecule has 0 aliphatic heterocycles. The van der Waals surface area contributed by atoms with Crippen LogP contribution < -0.4 is 0 Å². The van der Waals surface area contributed by atoms with Gasteiger partial charge in [-0.1, -0.05) is 19.9 Å². The Kier molecular flexibility index (Phi) is 2.68. The Bertz CT molecular complexity index is 417. The zero-order valence-electron chi connectivity index (χ0n) is 8.96. The van der Waals surface area contributed by atoms with E-state index in [0.29, 0.717) is 5.92 Å². The summed E-state index contributed by atoms with van der Waals surface area (Å²) in [5.74, 6) is 1.08. The average molecular weight is 205 g/mol. The minimum Gasteiger partial charge on any atom is -0.396 e. The van der Waals surface area contributed by atoms with Gasteiger partial charge in [0.1, 0.15) is 0 Å². The molecule has 80 valence electrons. The van der Waals surface area contributed by atoms with Gasteiger partial charge < -0.3 is 5.11 Å². The van der Waals surface area contributed by atoms with E-state index in [-0.39, 0.29) is 12.5 Å². The molecule has 0 radical (unpaired) electrons. The molecule has 0 saturated carbocycles. The van der Waals surface area contributed by atoms with Crippen molar-refractivity contribution < 1.29 is 5.11 Å². The second-order valence-corrected chi connectivity index (χ2v) is 4.01. The van der Waals surface area contributed by atoms with Crippen LogP contribution in [0.1, 0.15) is 25.6 Å². The molecule has 0 spiro atoms. The van der Waals surface area contributed by atoms with Crippen LogP contribution in [0.2, 0.25) is 0 Å². The summed E-state index contributed by atoms with van der Waals surface area (Å²) in [4.78, 5) is 4.40. The lowest BCUT2D eigenvalue weighted by Gasteiger charge is -2.13. The SMILES string of the molecule is CC(C)C(CO)c1nc2ccccn2n1. The number of aliphatic hydroxyl groups excluding tert-OH is 1. The zero-order chi connectivity index (χ0) is 10.8. The van der Waals surface area contributed by atoms with Gasteiger partial charge in [-0.3, -0.25) is 0 Å². The molecule has 1 N–H and O–H groups in total. The van der Waals surface area contributed by atoms with Gasteiger partial charge in [-0.05, 0) is 18.1 Å². The Morgan fingerprint density at radius 1 is 1.40 bits per heavy atom. The standard InChI is InChI=1S/C11H15N3O/c1-8(2)9(7-15)11-12-10-5-3-4-6-14(10)13-11/h3-6,8-9,15H,7H2,1-2H3. The van der Waals surface area contributed by atoms with E-state index in [2.05, 4.69) is 23.9 Å². The van der Waals surface area contributed by atoms with Crippen molar-refractivity contribution in [2.45, 2.75) is 19.8 Å². The van der Waals surface area contributed by atoms with Crippen LogP contribution in [0.25, 0.3) is 5.65 Å². The van der Waals surface area contributed by atoms with E-state index in [0.717, 1.165) is 11.5 Å². The van der Waals surface area contributed by atoms with Crippen LogP contribution >= 0.6 is 0 Å². The van der Waals surface area contributed by atoms with Crippen molar-refractivity contribution in [1.29, 1.82) is 0 Å². The Balaban J connectivity index is 2.43. The fraction of sp³-hybridized carbons (Fsp3) is 0.455. The molecule has 0 fully saturated rings. The van der Waals surface area contributed by atoms with Gasteiger partial charge in [0.05, 0.1) is 6.61 Å². The van der Waals surface area contributed by atoms with Crippen molar-refractivity contribution in [3.63, 3.8) is 0 Å². The third kappa shape index (κ3) is 1.85. The second-order valence-electron chi connectivity index (χ2n) is 4.01. The van der Waals surface area contributed by atoms with Gasteiger partial charge in [0.25, 0.3) is 0 Å². The lowest BCUT2D eigenvalue weighted by Crippen LogP contribution is -2.13. The largest absolute Gasteiger partial charge is 0.396 e. The van der Waals surface area contributed by atoms with Gasteiger partial charge in [-0.15, -0.1) is 0 Å². The van der Waals surface area contributed by atoms with Crippen LogP contribution in [0.3, 0.4) is 0 Å². The first-order chi connectivity index (χ1) is 7.22. The van der Waals surface area contributed by atoms with Crippen molar-refractivity contribution in [2.24, 2.45) is 5.92 Å². The minimum absolute atomic E-state index is 0.0184. The van der Waals surface area contributed by atoms with Crippen LogP contribution in [-0.2, 0) is 0 Å². The number of hydrogen-bond donors (Lipinski definition) is 1. The van der Waals surface area contributed by atoms with Gasteiger partial charge >= 0.3 is 0 Å². The van der Waals surface area contributed by atoms with E-state index < -0.39 is 0 Å². The number of pyridine rings is 1. The van der Waals surface area contributed by atoms with Crippen LogP contribution in [0.15, 0.2) is 24.4 Å². The molecular formula is C11H15N3O. The smallest absolute Gasteiger partial charge is 0.157 e.